The lowest BCUT2D eigenvalue weighted by atomic mass is 10.3. The van der Waals surface area contributed by atoms with E-state index < -0.39 is 12.1 Å². The molecule has 1 aliphatic rings. The molecule has 0 saturated carbocycles. The second-order valence-electron chi connectivity index (χ2n) is 2.48. The quantitative estimate of drug-likeness (QED) is 0.689. The Labute approximate surface area is 74.3 Å². The van der Waals surface area contributed by atoms with Gasteiger partial charge in [-0.25, -0.2) is 19.9 Å². The van der Waals surface area contributed by atoms with E-state index in [4.69, 9.17) is 0 Å². The van der Waals surface area contributed by atoms with E-state index in [1.165, 1.54) is 0 Å². The first kappa shape index (κ1) is 7.60. The topological polar surface area (TPSA) is 63.5 Å². The van der Waals surface area contributed by atoms with Crippen LogP contribution in [0, 0.1) is 0 Å². The van der Waals surface area contributed by atoms with Crippen LogP contribution in [0.1, 0.15) is 0 Å². The largest absolute Gasteiger partial charge is 0.373 e. The number of nitrogens with one attached hydrogen (secondary N) is 1. The molecule has 1 saturated heterocycles. The molecule has 4 amide bonds. The first-order valence-electron chi connectivity index (χ1n) is 3.69. The van der Waals surface area contributed by atoms with E-state index in [0.717, 1.165) is 4.90 Å². The van der Waals surface area contributed by atoms with Crippen molar-refractivity contribution in [3.8, 4) is 0 Å². The van der Waals surface area contributed by atoms with Gasteiger partial charge in [0.25, 0.3) is 0 Å². The van der Waals surface area contributed by atoms with Crippen molar-refractivity contribution >= 4 is 17.7 Å². The first-order valence-corrected chi connectivity index (χ1v) is 3.69. The minimum atomic E-state index is -0.587. The molecule has 0 aliphatic carbocycles. The summed E-state index contributed by atoms with van der Waals surface area (Å²) in [5.41, 5.74) is 5.86. The highest BCUT2D eigenvalue weighted by molar-refractivity contribution is 6.17. The van der Waals surface area contributed by atoms with Crippen molar-refractivity contribution in [1.29, 1.82) is 0 Å². The van der Waals surface area contributed by atoms with Crippen LogP contribution >= 0.6 is 0 Å². The molecule has 0 atom stereocenters. The Balaban J connectivity index is 2.36. The highest BCUT2D eigenvalue weighted by Gasteiger charge is 2.31. The van der Waals surface area contributed by atoms with E-state index in [0.29, 0.717) is 5.69 Å². The van der Waals surface area contributed by atoms with Crippen molar-refractivity contribution in [2.24, 2.45) is 0 Å². The van der Waals surface area contributed by atoms with E-state index in [2.05, 4.69) is 10.9 Å². The van der Waals surface area contributed by atoms with Crippen molar-refractivity contribution < 1.29 is 9.59 Å². The van der Waals surface area contributed by atoms with E-state index in [1.807, 2.05) is 0 Å². The summed E-state index contributed by atoms with van der Waals surface area (Å²) in [6, 6.07) is 7.52. The van der Waals surface area contributed by atoms with Crippen molar-refractivity contribution in [3.63, 3.8) is 0 Å². The summed E-state index contributed by atoms with van der Waals surface area (Å²) in [6.45, 7) is 0. The van der Waals surface area contributed by atoms with Crippen LogP contribution in [-0.4, -0.2) is 12.1 Å². The molecule has 2 rings (SSSR count). The number of amides is 4. The lowest BCUT2D eigenvalue weighted by molar-refractivity contribution is 0.249. The number of hydrogen-bond donors (Lipinski definition) is 1. The molecule has 0 aromatic heterocycles. The molecule has 1 aromatic carbocycles. The molecule has 1 fully saturated rings. The molecule has 1 heterocycles. The maximum atomic E-state index is 11.1. The molecule has 5 heteroatoms. The summed E-state index contributed by atoms with van der Waals surface area (Å²) in [4.78, 5) is 23.1. The molecule has 5 nitrogen and oxygen atoms in total. The molecule has 0 bridgehead atoms. The fourth-order valence-electron chi connectivity index (χ4n) is 1.09. The van der Waals surface area contributed by atoms with Crippen LogP contribution in [0.4, 0.5) is 15.3 Å². The van der Waals surface area contributed by atoms with Crippen LogP contribution in [0.2, 0.25) is 0 Å². The van der Waals surface area contributed by atoms with E-state index in [9.17, 15) is 9.59 Å². The van der Waals surface area contributed by atoms with Crippen molar-refractivity contribution in [3.05, 3.63) is 30.3 Å². The number of imide groups is 1. The summed E-state index contributed by atoms with van der Waals surface area (Å²) in [7, 11) is 0. The van der Waals surface area contributed by atoms with E-state index >= 15 is 0 Å². The number of benzene rings is 1. The maximum absolute atomic E-state index is 11.1. The second kappa shape index (κ2) is 2.78. The monoisotopic (exact) mass is 176 g/mol. The van der Waals surface area contributed by atoms with Gasteiger partial charge in [-0.1, -0.05) is 18.2 Å². The number of carbonyl (C=O) groups excluding carboxylic acids is 2. The number of rotatable bonds is 1. The highest BCUT2D eigenvalue weighted by atomic mass is 16.2. The predicted octanol–water partition coefficient (Wildman–Crippen LogP) is 0.856. The zero-order chi connectivity index (χ0) is 9.26. The van der Waals surface area contributed by atoms with Crippen LogP contribution in [-0.2, 0) is 0 Å². The van der Waals surface area contributed by atoms with Gasteiger partial charge in [-0.2, -0.15) is 0 Å². The van der Waals surface area contributed by atoms with Crippen molar-refractivity contribution in [2.75, 3.05) is 4.90 Å². The predicted molar refractivity (Wildman–Crippen MR) is 45.0 cm³/mol. The second-order valence-corrected chi connectivity index (χ2v) is 2.48. The van der Waals surface area contributed by atoms with Crippen LogP contribution in [0.5, 0.6) is 0 Å². The first-order chi connectivity index (χ1) is 6.29. The average molecular weight is 176 g/mol. The number of anilines is 1. The van der Waals surface area contributed by atoms with Gasteiger partial charge in [-0.15, -0.1) is 5.43 Å². The highest BCUT2D eigenvalue weighted by Crippen LogP contribution is 2.15. The average Bonchev–Trinajstić information content (AvgIpc) is 2.48. The molecule has 65 valence electrons. The third kappa shape index (κ3) is 1.20. The Kier molecular flexibility index (Phi) is 1.63. The zero-order valence-corrected chi connectivity index (χ0v) is 6.60. The lowest BCUT2D eigenvalue weighted by Gasteiger charge is -2.08. The minimum absolute atomic E-state index is 0.517. The van der Waals surface area contributed by atoms with Gasteiger partial charge in [-0.3, -0.25) is 0 Å². The Bertz CT molecular complexity index is 334. The summed E-state index contributed by atoms with van der Waals surface area (Å²) in [5, 5.41) is 0. The number of nitrogens with zero attached hydrogens (tertiary/aromatic N) is 2. The molecule has 0 unspecified atom stereocenters. The number of para-hydroxylation sites is 1. The van der Waals surface area contributed by atoms with E-state index in [1.54, 1.807) is 30.3 Å². The SMILES string of the molecule is O=C1[N]NC(=O)N1c1ccccc1. The summed E-state index contributed by atoms with van der Waals surface area (Å²) < 4.78 is 0. The Morgan fingerprint density at radius 3 is 2.38 bits per heavy atom. The van der Waals surface area contributed by atoms with Gasteiger partial charge < -0.3 is 0 Å². The smallest absolute Gasteiger partial charge is 0.246 e. The van der Waals surface area contributed by atoms with Crippen molar-refractivity contribution in [1.82, 2.24) is 10.9 Å². The van der Waals surface area contributed by atoms with Gasteiger partial charge in [0.05, 0.1) is 5.69 Å². The van der Waals surface area contributed by atoms with Gasteiger partial charge in [0.15, 0.2) is 0 Å². The van der Waals surface area contributed by atoms with Crippen LogP contribution in [0.25, 0.3) is 0 Å². The van der Waals surface area contributed by atoms with Crippen LogP contribution in [0.3, 0.4) is 0 Å². The molecule has 1 aliphatic heterocycles. The van der Waals surface area contributed by atoms with Crippen molar-refractivity contribution in [2.45, 2.75) is 0 Å². The lowest BCUT2D eigenvalue weighted by Crippen LogP contribution is -2.29. The summed E-state index contributed by atoms with van der Waals surface area (Å²) >= 11 is 0. The summed E-state index contributed by atoms with van der Waals surface area (Å²) in [5.74, 6) is 0. The maximum Gasteiger partial charge on any atom is 0.373 e. The van der Waals surface area contributed by atoms with Crippen LogP contribution in [0.15, 0.2) is 30.3 Å². The molecular formula is C8H6N3O2. The third-order valence-corrected chi connectivity index (χ3v) is 1.66. The Morgan fingerprint density at radius 2 is 1.85 bits per heavy atom. The zero-order valence-electron chi connectivity index (χ0n) is 6.60. The van der Waals surface area contributed by atoms with Gasteiger partial charge in [0.2, 0.25) is 0 Å². The third-order valence-electron chi connectivity index (χ3n) is 1.66. The number of urea groups is 2. The molecule has 1 radical (unpaired) electrons. The van der Waals surface area contributed by atoms with Gasteiger partial charge in [0, 0.05) is 0 Å². The Morgan fingerprint density at radius 1 is 1.15 bits per heavy atom. The molecule has 1 aromatic rings. The normalized spacial score (nSPS) is 15.5. The van der Waals surface area contributed by atoms with Crippen LogP contribution < -0.4 is 15.8 Å². The molecular weight excluding hydrogens is 170 g/mol. The van der Waals surface area contributed by atoms with Gasteiger partial charge in [0.1, 0.15) is 0 Å². The van der Waals surface area contributed by atoms with Gasteiger partial charge >= 0.3 is 12.1 Å². The minimum Gasteiger partial charge on any atom is -0.246 e. The Hall–Kier alpha value is -2.04. The van der Waals surface area contributed by atoms with E-state index in [-0.39, 0.29) is 0 Å². The number of hydrogen-bond acceptors (Lipinski definition) is 2. The standard InChI is InChI=1S/C8H6N3O2/c12-7-9-10-8(13)11(7)6-4-2-1-3-5-6/h1-5H,(H,9,12). The number of carbonyl (C=O) groups is 2. The molecule has 13 heavy (non-hydrogen) atoms. The molecule has 0 spiro atoms. The fraction of sp³-hybridized carbons (Fsp3) is 0. The fourth-order valence-corrected chi connectivity index (χ4v) is 1.09. The van der Waals surface area contributed by atoms with Gasteiger partial charge in [-0.05, 0) is 12.1 Å². The molecule has 1 N–H and O–H groups in total. The summed E-state index contributed by atoms with van der Waals surface area (Å²) in [6.07, 6.45) is 0.